The van der Waals surface area contributed by atoms with Crippen LogP contribution in [0.3, 0.4) is 0 Å². The highest BCUT2D eigenvalue weighted by Crippen LogP contribution is 2.38. The molecule has 11 heteroatoms. The molecule has 0 unspecified atom stereocenters. The Hall–Kier alpha value is -3.83. The number of aromatic nitrogens is 3. The number of nitrogens with zero attached hydrogens (tertiary/aromatic N) is 3. The van der Waals surface area contributed by atoms with E-state index in [2.05, 4.69) is 30.9 Å². The molecule has 0 fully saturated rings. The Bertz CT molecular complexity index is 1250. The Morgan fingerprint density at radius 3 is 2.78 bits per heavy atom. The highest BCUT2D eigenvalue weighted by atomic mass is 32.1. The number of carbonyl (C=O) groups is 2. The van der Waals surface area contributed by atoms with E-state index >= 15 is 0 Å². The molecule has 1 aromatic carbocycles. The first-order valence-corrected chi connectivity index (χ1v) is 11.2. The molecule has 4 rings (SSSR count). The third-order valence-corrected chi connectivity index (χ3v) is 6.31. The molecule has 0 saturated carbocycles. The van der Waals surface area contributed by atoms with Crippen LogP contribution in [0.2, 0.25) is 0 Å². The molecule has 0 bridgehead atoms. The number of benzene rings is 1. The first-order valence-electron chi connectivity index (χ1n) is 9.52. The van der Waals surface area contributed by atoms with E-state index < -0.39 is 0 Å². The van der Waals surface area contributed by atoms with Gasteiger partial charge >= 0.3 is 6.03 Å². The van der Waals surface area contributed by atoms with E-state index in [1.54, 1.807) is 18.5 Å². The molecule has 0 atom stereocenters. The number of anilines is 3. The van der Waals surface area contributed by atoms with Crippen LogP contribution >= 0.6 is 22.7 Å². The van der Waals surface area contributed by atoms with Gasteiger partial charge in [0, 0.05) is 36.1 Å². The van der Waals surface area contributed by atoms with Crippen molar-refractivity contribution in [3.05, 3.63) is 59.7 Å². The quantitative estimate of drug-likeness (QED) is 0.342. The van der Waals surface area contributed by atoms with Gasteiger partial charge in [0.1, 0.15) is 15.7 Å². The van der Waals surface area contributed by atoms with Gasteiger partial charge in [0.05, 0.1) is 12.1 Å². The second-order valence-corrected chi connectivity index (χ2v) is 8.50. The van der Waals surface area contributed by atoms with Gasteiger partial charge < -0.3 is 16.4 Å². The average molecular weight is 466 g/mol. The number of amides is 3. The zero-order valence-corrected chi connectivity index (χ0v) is 18.6. The molecule has 9 nitrogen and oxygen atoms in total. The summed E-state index contributed by atoms with van der Waals surface area (Å²) in [5.41, 5.74) is 9.16. The maximum absolute atomic E-state index is 12.4. The largest absolute Gasteiger partial charge is 0.382 e. The van der Waals surface area contributed by atoms with Crippen LogP contribution in [0.15, 0.2) is 54.2 Å². The molecule has 0 radical (unpaired) electrons. The lowest BCUT2D eigenvalue weighted by Gasteiger charge is -2.06. The Morgan fingerprint density at radius 2 is 2.00 bits per heavy atom. The molecule has 0 spiro atoms. The molecule has 0 aliphatic rings. The van der Waals surface area contributed by atoms with Crippen LogP contribution in [-0.4, -0.2) is 33.9 Å². The molecule has 3 aromatic heterocycles. The van der Waals surface area contributed by atoms with Gasteiger partial charge in [0.25, 0.3) is 0 Å². The molecule has 4 aromatic rings. The van der Waals surface area contributed by atoms with Crippen molar-refractivity contribution in [1.82, 2.24) is 20.3 Å². The van der Waals surface area contributed by atoms with E-state index in [1.807, 2.05) is 35.7 Å². The second-order valence-electron chi connectivity index (χ2n) is 6.64. The number of hydrogen-bond acceptors (Lipinski definition) is 8. The molecule has 0 saturated heterocycles. The zero-order chi connectivity index (χ0) is 22.5. The maximum atomic E-state index is 12.4. The van der Waals surface area contributed by atoms with Crippen molar-refractivity contribution in [3.8, 4) is 21.1 Å². The van der Waals surface area contributed by atoms with Crippen molar-refractivity contribution in [1.29, 1.82) is 0 Å². The molecule has 32 heavy (non-hydrogen) atoms. The van der Waals surface area contributed by atoms with E-state index in [4.69, 9.17) is 5.73 Å². The lowest BCUT2D eigenvalue weighted by molar-refractivity contribution is -0.115. The van der Waals surface area contributed by atoms with E-state index in [0.717, 1.165) is 16.8 Å². The number of hydrogen-bond donors (Lipinski definition) is 4. The minimum atomic E-state index is -0.368. The first kappa shape index (κ1) is 21.4. The monoisotopic (exact) mass is 465 g/mol. The van der Waals surface area contributed by atoms with Gasteiger partial charge in [0.15, 0.2) is 5.13 Å². The van der Waals surface area contributed by atoms with Crippen LogP contribution in [0.25, 0.3) is 21.1 Å². The fourth-order valence-electron chi connectivity index (χ4n) is 2.86. The smallest absolute Gasteiger partial charge is 0.320 e. The molecule has 0 aliphatic carbocycles. The Morgan fingerprint density at radius 1 is 1.12 bits per heavy atom. The number of pyridine rings is 1. The van der Waals surface area contributed by atoms with Gasteiger partial charge in [-0.2, -0.15) is 0 Å². The summed E-state index contributed by atoms with van der Waals surface area (Å²) < 4.78 is 0. The van der Waals surface area contributed by atoms with E-state index in [9.17, 15) is 9.59 Å². The lowest BCUT2D eigenvalue weighted by Crippen LogP contribution is -2.24. The standard InChI is InChI=1S/C21H19N7O2S2/c1-23-20(30)28-21-27-18(22)17(32-21)19-26-15(11-31-19)13-5-2-6-14(9-13)25-16(29)8-12-4-3-7-24-10-12/h2-7,9-11H,8,22H2,1H3,(H,25,29)(H2,23,27,28,30). The average Bonchev–Trinajstić information content (AvgIpc) is 3.41. The van der Waals surface area contributed by atoms with Crippen molar-refractivity contribution < 1.29 is 9.59 Å². The Kier molecular flexibility index (Phi) is 6.38. The zero-order valence-electron chi connectivity index (χ0n) is 17.0. The maximum Gasteiger partial charge on any atom is 0.320 e. The third-order valence-electron chi connectivity index (χ3n) is 4.33. The summed E-state index contributed by atoms with van der Waals surface area (Å²) in [6.45, 7) is 0. The number of thiazole rings is 2. The Balaban J connectivity index is 1.49. The van der Waals surface area contributed by atoms with Crippen LogP contribution in [0.4, 0.5) is 21.4 Å². The number of carbonyl (C=O) groups excluding carboxylic acids is 2. The van der Waals surface area contributed by atoms with E-state index in [1.165, 1.54) is 29.7 Å². The van der Waals surface area contributed by atoms with E-state index in [0.29, 0.717) is 26.5 Å². The summed E-state index contributed by atoms with van der Waals surface area (Å²) in [6.07, 6.45) is 3.59. The SMILES string of the molecule is CNC(=O)Nc1nc(N)c(-c2nc(-c3cccc(NC(=O)Cc4cccnc4)c3)cs2)s1. The Labute approximate surface area is 191 Å². The van der Waals surface area contributed by atoms with Gasteiger partial charge in [0.2, 0.25) is 5.91 Å². The molecular formula is C21H19N7O2S2. The summed E-state index contributed by atoms with van der Waals surface area (Å²) in [5, 5.41) is 11.0. The predicted molar refractivity (Wildman–Crippen MR) is 128 cm³/mol. The van der Waals surface area contributed by atoms with Crippen molar-refractivity contribution in [3.63, 3.8) is 0 Å². The molecule has 162 valence electrons. The number of nitrogens with two attached hydrogens (primary N) is 1. The van der Waals surface area contributed by atoms with Gasteiger partial charge in [-0.3, -0.25) is 15.1 Å². The van der Waals surface area contributed by atoms with Gasteiger partial charge in [-0.05, 0) is 23.8 Å². The van der Waals surface area contributed by atoms with Gasteiger partial charge in [-0.15, -0.1) is 11.3 Å². The molecular weight excluding hydrogens is 446 g/mol. The number of nitrogens with one attached hydrogen (secondary N) is 3. The minimum Gasteiger partial charge on any atom is -0.382 e. The molecule has 3 heterocycles. The van der Waals surface area contributed by atoms with Gasteiger partial charge in [-0.25, -0.2) is 14.8 Å². The lowest BCUT2D eigenvalue weighted by atomic mass is 10.1. The highest BCUT2D eigenvalue weighted by Gasteiger charge is 2.16. The topological polar surface area (TPSA) is 135 Å². The summed E-state index contributed by atoms with van der Waals surface area (Å²) in [4.78, 5) is 37.4. The second kappa shape index (κ2) is 9.54. The number of urea groups is 1. The first-order chi connectivity index (χ1) is 15.5. The van der Waals surface area contributed by atoms with Crippen LogP contribution < -0.4 is 21.7 Å². The van der Waals surface area contributed by atoms with Gasteiger partial charge in [-0.1, -0.05) is 29.5 Å². The predicted octanol–water partition coefficient (Wildman–Crippen LogP) is 3.84. The van der Waals surface area contributed by atoms with Crippen molar-refractivity contribution in [2.45, 2.75) is 6.42 Å². The minimum absolute atomic E-state index is 0.123. The van der Waals surface area contributed by atoms with Crippen LogP contribution in [-0.2, 0) is 11.2 Å². The molecule has 0 aliphatic heterocycles. The van der Waals surface area contributed by atoms with Crippen LogP contribution in [0.1, 0.15) is 5.56 Å². The van der Waals surface area contributed by atoms with Crippen LogP contribution in [0.5, 0.6) is 0 Å². The summed E-state index contributed by atoms with van der Waals surface area (Å²) in [7, 11) is 1.52. The van der Waals surface area contributed by atoms with Crippen molar-refractivity contribution in [2.75, 3.05) is 23.4 Å². The van der Waals surface area contributed by atoms with Crippen molar-refractivity contribution >= 4 is 51.2 Å². The number of nitrogen functional groups attached to an aromatic ring is 1. The summed E-state index contributed by atoms with van der Waals surface area (Å²) >= 11 is 2.68. The fraction of sp³-hybridized carbons (Fsp3) is 0.0952. The fourth-order valence-corrected chi connectivity index (χ4v) is 4.67. The molecule has 5 N–H and O–H groups in total. The number of rotatable bonds is 6. The van der Waals surface area contributed by atoms with Crippen molar-refractivity contribution in [2.24, 2.45) is 0 Å². The highest BCUT2D eigenvalue weighted by molar-refractivity contribution is 7.23. The van der Waals surface area contributed by atoms with Crippen LogP contribution in [0, 0.1) is 0 Å². The molecule has 3 amide bonds. The van der Waals surface area contributed by atoms with E-state index in [-0.39, 0.29) is 18.4 Å². The normalized spacial score (nSPS) is 10.5. The summed E-state index contributed by atoms with van der Waals surface area (Å²) in [5.74, 6) is 0.182. The summed E-state index contributed by atoms with van der Waals surface area (Å²) in [6, 6.07) is 10.8. The third kappa shape index (κ3) is 5.07.